The van der Waals surface area contributed by atoms with Crippen molar-refractivity contribution in [2.45, 2.75) is 11.1 Å². The average Bonchev–Trinajstić information content (AvgIpc) is 2.52. The van der Waals surface area contributed by atoms with Crippen LogP contribution in [0.2, 0.25) is 5.02 Å². The lowest BCUT2D eigenvalue weighted by molar-refractivity contribution is -0.140. The normalized spacial score (nSPS) is 11.9. The number of hydrogen-bond donors (Lipinski definition) is 1. The third-order valence-corrected chi connectivity index (χ3v) is 4.53. The highest BCUT2D eigenvalue weighted by Crippen LogP contribution is 2.39. The number of ether oxygens (including phenoxy) is 2. The van der Waals surface area contributed by atoms with Crippen molar-refractivity contribution in [1.82, 2.24) is 0 Å². The van der Waals surface area contributed by atoms with E-state index in [1.807, 2.05) is 0 Å². The smallest absolute Gasteiger partial charge is 0.417 e. The topological polar surface area (TPSA) is 89.9 Å². The standard InChI is InChI=1S/C16H12ClF3O6S/c1-27(23,24)14-5-3-10(7-11(14)16(18,19)20)26-13-6-9(17)2-4-12(13)25-8-15(21)22/h2-7H,8H2,1H3,(H,21,22). The minimum Gasteiger partial charge on any atom is -0.479 e. The molecular formula is C16H12ClF3O6S. The van der Waals surface area contributed by atoms with Crippen molar-refractivity contribution in [2.75, 3.05) is 12.9 Å². The maximum absolute atomic E-state index is 13.2. The SMILES string of the molecule is CS(=O)(=O)c1ccc(Oc2cc(Cl)ccc2OCC(=O)O)cc1C(F)(F)F. The molecule has 0 spiro atoms. The Morgan fingerprint density at radius 2 is 1.81 bits per heavy atom. The first-order valence-electron chi connectivity index (χ1n) is 7.11. The van der Waals surface area contributed by atoms with Crippen molar-refractivity contribution >= 4 is 27.4 Å². The molecule has 0 heterocycles. The van der Waals surface area contributed by atoms with E-state index in [4.69, 9.17) is 26.2 Å². The van der Waals surface area contributed by atoms with Gasteiger partial charge in [0.25, 0.3) is 0 Å². The van der Waals surface area contributed by atoms with Crippen molar-refractivity contribution < 1.29 is 41.0 Å². The first-order valence-corrected chi connectivity index (χ1v) is 9.38. The van der Waals surface area contributed by atoms with E-state index < -0.39 is 39.0 Å². The van der Waals surface area contributed by atoms with Crippen LogP contribution in [-0.4, -0.2) is 32.4 Å². The summed E-state index contributed by atoms with van der Waals surface area (Å²) in [5.74, 6) is -1.81. The van der Waals surface area contributed by atoms with Gasteiger partial charge in [0.2, 0.25) is 0 Å². The van der Waals surface area contributed by atoms with Gasteiger partial charge in [0.1, 0.15) is 5.75 Å². The third kappa shape index (κ3) is 5.51. The van der Waals surface area contributed by atoms with E-state index in [1.54, 1.807) is 0 Å². The molecule has 0 radical (unpaired) electrons. The van der Waals surface area contributed by atoms with Crippen LogP contribution in [0.3, 0.4) is 0 Å². The molecule has 0 saturated carbocycles. The number of benzene rings is 2. The maximum atomic E-state index is 13.2. The summed E-state index contributed by atoms with van der Waals surface area (Å²) in [5.41, 5.74) is -1.39. The van der Waals surface area contributed by atoms with Crippen LogP contribution >= 0.6 is 11.6 Å². The number of halogens is 4. The fraction of sp³-hybridized carbons (Fsp3) is 0.188. The number of carboxylic acids is 1. The summed E-state index contributed by atoms with van der Waals surface area (Å²) in [6.45, 7) is -0.710. The van der Waals surface area contributed by atoms with Gasteiger partial charge in [-0.1, -0.05) is 11.6 Å². The monoisotopic (exact) mass is 424 g/mol. The van der Waals surface area contributed by atoms with Gasteiger partial charge in [-0.25, -0.2) is 13.2 Å². The van der Waals surface area contributed by atoms with Crippen molar-refractivity contribution in [3.05, 3.63) is 47.0 Å². The molecule has 27 heavy (non-hydrogen) atoms. The molecule has 6 nitrogen and oxygen atoms in total. The second kappa shape index (κ2) is 7.65. The number of hydrogen-bond acceptors (Lipinski definition) is 5. The van der Waals surface area contributed by atoms with Gasteiger partial charge >= 0.3 is 12.1 Å². The molecule has 0 aliphatic carbocycles. The summed E-state index contributed by atoms with van der Waals surface area (Å²) in [7, 11) is -4.13. The fourth-order valence-corrected chi connectivity index (χ4v) is 3.12. The largest absolute Gasteiger partial charge is 0.479 e. The Morgan fingerprint density at radius 3 is 2.37 bits per heavy atom. The highest BCUT2D eigenvalue weighted by Gasteiger charge is 2.36. The van der Waals surface area contributed by atoms with E-state index in [-0.39, 0.29) is 22.3 Å². The summed E-state index contributed by atoms with van der Waals surface area (Å²) >= 11 is 5.82. The van der Waals surface area contributed by atoms with Crippen LogP contribution in [0, 0.1) is 0 Å². The minimum absolute atomic E-state index is 0.0671. The number of carboxylic acid groups (broad SMARTS) is 1. The number of sulfone groups is 1. The first kappa shape index (κ1) is 20.8. The average molecular weight is 425 g/mol. The molecule has 2 aromatic rings. The molecule has 2 aromatic carbocycles. The summed E-state index contributed by atoms with van der Waals surface area (Å²) < 4.78 is 73.2. The van der Waals surface area contributed by atoms with E-state index in [9.17, 15) is 26.4 Å². The van der Waals surface area contributed by atoms with Gasteiger partial charge in [0, 0.05) is 17.3 Å². The lowest BCUT2D eigenvalue weighted by Crippen LogP contribution is -2.12. The van der Waals surface area contributed by atoms with Crippen molar-refractivity contribution in [3.63, 3.8) is 0 Å². The van der Waals surface area contributed by atoms with Gasteiger partial charge in [-0.15, -0.1) is 0 Å². The molecule has 146 valence electrons. The Balaban J connectivity index is 2.46. The van der Waals surface area contributed by atoms with E-state index in [0.717, 1.165) is 12.1 Å². The molecule has 0 amide bonds. The number of carbonyl (C=O) groups is 1. The molecule has 0 atom stereocenters. The van der Waals surface area contributed by atoms with Crippen molar-refractivity contribution in [2.24, 2.45) is 0 Å². The van der Waals surface area contributed by atoms with Gasteiger partial charge < -0.3 is 14.6 Å². The number of alkyl halides is 3. The highest BCUT2D eigenvalue weighted by atomic mass is 35.5. The lowest BCUT2D eigenvalue weighted by atomic mass is 10.2. The molecular weight excluding hydrogens is 413 g/mol. The Labute approximate surface area is 157 Å². The van der Waals surface area contributed by atoms with Crippen molar-refractivity contribution in [3.8, 4) is 17.2 Å². The van der Waals surface area contributed by atoms with Crippen LogP contribution in [0.4, 0.5) is 13.2 Å². The van der Waals surface area contributed by atoms with Gasteiger partial charge in [-0.3, -0.25) is 0 Å². The van der Waals surface area contributed by atoms with Crippen LogP contribution in [0.15, 0.2) is 41.3 Å². The van der Waals surface area contributed by atoms with Crippen LogP contribution in [0.1, 0.15) is 5.56 Å². The summed E-state index contributed by atoms with van der Waals surface area (Å²) in [5, 5.41) is 8.83. The Morgan fingerprint density at radius 1 is 1.15 bits per heavy atom. The zero-order valence-corrected chi connectivity index (χ0v) is 15.2. The molecule has 0 aromatic heterocycles. The molecule has 2 rings (SSSR count). The zero-order valence-electron chi connectivity index (χ0n) is 13.6. The first-order chi connectivity index (χ1) is 12.4. The Hall–Kier alpha value is -2.46. The predicted molar refractivity (Wildman–Crippen MR) is 89.2 cm³/mol. The van der Waals surface area contributed by atoms with E-state index in [2.05, 4.69) is 0 Å². The molecule has 0 saturated heterocycles. The molecule has 0 fully saturated rings. The van der Waals surface area contributed by atoms with Crippen molar-refractivity contribution in [1.29, 1.82) is 0 Å². The quantitative estimate of drug-likeness (QED) is 0.753. The van der Waals surface area contributed by atoms with Gasteiger partial charge in [-0.05, 0) is 30.3 Å². The highest BCUT2D eigenvalue weighted by molar-refractivity contribution is 7.90. The molecule has 0 aliphatic heterocycles. The lowest BCUT2D eigenvalue weighted by Gasteiger charge is -2.15. The van der Waals surface area contributed by atoms with Crippen LogP contribution in [0.25, 0.3) is 0 Å². The number of rotatable bonds is 6. The van der Waals surface area contributed by atoms with Crippen LogP contribution in [0.5, 0.6) is 17.2 Å². The molecule has 11 heteroatoms. The second-order valence-corrected chi connectivity index (χ2v) is 7.72. The van der Waals surface area contributed by atoms with Gasteiger partial charge in [-0.2, -0.15) is 13.2 Å². The van der Waals surface area contributed by atoms with Gasteiger partial charge in [0.05, 0.1) is 10.5 Å². The van der Waals surface area contributed by atoms with E-state index >= 15 is 0 Å². The molecule has 0 bridgehead atoms. The summed E-state index contributed by atoms with van der Waals surface area (Å²) in [4.78, 5) is 9.73. The van der Waals surface area contributed by atoms with Crippen LogP contribution < -0.4 is 9.47 Å². The Kier molecular flexibility index (Phi) is 5.91. The summed E-state index contributed by atoms with van der Waals surface area (Å²) in [6.07, 6.45) is -4.28. The molecule has 0 unspecified atom stereocenters. The van der Waals surface area contributed by atoms with E-state index in [0.29, 0.717) is 12.3 Å². The van der Waals surface area contributed by atoms with E-state index in [1.165, 1.54) is 18.2 Å². The van der Waals surface area contributed by atoms with Crippen LogP contribution in [-0.2, 0) is 20.8 Å². The minimum atomic E-state index is -4.94. The second-order valence-electron chi connectivity index (χ2n) is 5.30. The Bertz CT molecular complexity index is 973. The third-order valence-electron chi connectivity index (χ3n) is 3.14. The summed E-state index contributed by atoms with van der Waals surface area (Å²) in [6, 6.07) is 6.22. The van der Waals surface area contributed by atoms with Gasteiger partial charge in [0.15, 0.2) is 27.9 Å². The number of aliphatic carboxylic acids is 1. The molecule has 1 N–H and O–H groups in total. The fourth-order valence-electron chi connectivity index (χ4n) is 2.06. The molecule has 0 aliphatic rings. The zero-order chi connectivity index (χ0) is 20.4. The predicted octanol–water partition coefficient (Wildman–Crippen LogP) is 4.02. The maximum Gasteiger partial charge on any atom is 0.417 e.